The summed E-state index contributed by atoms with van der Waals surface area (Å²) < 4.78 is 1.50. The van der Waals surface area contributed by atoms with Gasteiger partial charge in [0, 0.05) is 31.7 Å². The van der Waals surface area contributed by atoms with Crippen molar-refractivity contribution in [2.45, 2.75) is 13.3 Å². The number of halogens is 1. The van der Waals surface area contributed by atoms with Gasteiger partial charge in [-0.3, -0.25) is 9.59 Å². The summed E-state index contributed by atoms with van der Waals surface area (Å²) in [5.41, 5.74) is 2.79. The van der Waals surface area contributed by atoms with Crippen molar-refractivity contribution in [1.29, 1.82) is 0 Å². The van der Waals surface area contributed by atoms with Gasteiger partial charge in [0.25, 0.3) is 11.8 Å². The lowest BCUT2D eigenvalue weighted by atomic mass is 10.1. The molecule has 0 saturated carbocycles. The summed E-state index contributed by atoms with van der Waals surface area (Å²) in [6.45, 7) is 3.96. The lowest BCUT2D eigenvalue weighted by Crippen LogP contribution is -2.50. The van der Waals surface area contributed by atoms with Crippen molar-refractivity contribution >= 4 is 23.4 Å². The van der Waals surface area contributed by atoms with E-state index in [9.17, 15) is 9.59 Å². The van der Waals surface area contributed by atoms with Gasteiger partial charge in [-0.05, 0) is 36.2 Å². The Hall–Kier alpha value is -3.19. The number of nitrogens with zero attached hydrogens (tertiary/aromatic N) is 5. The summed E-state index contributed by atoms with van der Waals surface area (Å²) in [4.78, 5) is 29.0. The first-order valence-electron chi connectivity index (χ1n) is 9.91. The van der Waals surface area contributed by atoms with Gasteiger partial charge in [0.05, 0.1) is 16.9 Å². The maximum atomic E-state index is 12.8. The van der Waals surface area contributed by atoms with Crippen molar-refractivity contribution in [2.24, 2.45) is 0 Å². The summed E-state index contributed by atoms with van der Waals surface area (Å²) in [7, 11) is 0. The highest BCUT2D eigenvalue weighted by atomic mass is 35.5. The van der Waals surface area contributed by atoms with E-state index in [0.29, 0.717) is 42.5 Å². The predicted octanol–water partition coefficient (Wildman–Crippen LogP) is 3.08. The van der Waals surface area contributed by atoms with Gasteiger partial charge in [-0.25, -0.2) is 4.68 Å². The zero-order valence-electron chi connectivity index (χ0n) is 16.7. The van der Waals surface area contributed by atoms with Crippen LogP contribution in [0.1, 0.15) is 33.3 Å². The first-order valence-corrected chi connectivity index (χ1v) is 10.3. The third-order valence-corrected chi connectivity index (χ3v) is 5.59. The summed E-state index contributed by atoms with van der Waals surface area (Å²) in [5, 5.41) is 8.57. The van der Waals surface area contributed by atoms with Gasteiger partial charge in [-0.15, -0.1) is 5.10 Å². The first kappa shape index (κ1) is 20.1. The molecule has 1 aliphatic heterocycles. The monoisotopic (exact) mass is 423 g/mol. The van der Waals surface area contributed by atoms with Crippen molar-refractivity contribution < 1.29 is 9.59 Å². The number of carbonyl (C=O) groups excluding carboxylic acids is 2. The fourth-order valence-electron chi connectivity index (χ4n) is 3.46. The number of amides is 2. The van der Waals surface area contributed by atoms with E-state index in [1.807, 2.05) is 42.5 Å². The molecule has 1 aliphatic rings. The molecule has 0 unspecified atom stereocenters. The minimum absolute atomic E-state index is 0.00517. The average molecular weight is 424 g/mol. The second-order valence-corrected chi connectivity index (χ2v) is 7.54. The lowest BCUT2D eigenvalue weighted by molar-refractivity contribution is 0.0532. The number of benzene rings is 2. The predicted molar refractivity (Wildman–Crippen MR) is 114 cm³/mol. The number of piperazine rings is 1. The molecule has 0 radical (unpaired) electrons. The van der Waals surface area contributed by atoms with E-state index < -0.39 is 0 Å². The fourth-order valence-corrected chi connectivity index (χ4v) is 3.68. The molecule has 1 fully saturated rings. The standard InChI is InChI=1S/C22H22ClN5O2/c1-2-16-7-9-17(10-8-16)21(29)26-11-13-27(14-12-26)22(30)19-15-28(25-24-19)20-6-4-3-5-18(20)23/h3-10,15H,2,11-14H2,1H3. The van der Waals surface area contributed by atoms with Crippen molar-refractivity contribution in [3.63, 3.8) is 0 Å². The summed E-state index contributed by atoms with van der Waals surface area (Å²) >= 11 is 6.19. The van der Waals surface area contributed by atoms with E-state index in [2.05, 4.69) is 17.2 Å². The van der Waals surface area contributed by atoms with E-state index in [4.69, 9.17) is 11.6 Å². The number of aryl methyl sites for hydroxylation is 1. The molecule has 2 heterocycles. The van der Waals surface area contributed by atoms with Crippen LogP contribution in [0.5, 0.6) is 0 Å². The van der Waals surface area contributed by atoms with Crippen LogP contribution in [0.2, 0.25) is 5.02 Å². The number of rotatable bonds is 4. The van der Waals surface area contributed by atoms with Crippen LogP contribution in [0, 0.1) is 0 Å². The third kappa shape index (κ3) is 4.07. The minimum Gasteiger partial charge on any atom is -0.335 e. The van der Waals surface area contributed by atoms with E-state index in [-0.39, 0.29) is 17.5 Å². The molecule has 4 rings (SSSR count). The van der Waals surface area contributed by atoms with Crippen LogP contribution in [0.15, 0.2) is 54.7 Å². The Labute approximate surface area is 179 Å². The third-order valence-electron chi connectivity index (χ3n) is 5.28. The number of aromatic nitrogens is 3. The number of para-hydroxylation sites is 1. The Morgan fingerprint density at radius 3 is 2.20 bits per heavy atom. The van der Waals surface area contributed by atoms with Gasteiger partial charge in [0.1, 0.15) is 0 Å². The Kier molecular flexibility index (Phi) is 5.81. The van der Waals surface area contributed by atoms with Gasteiger partial charge < -0.3 is 9.80 Å². The molecule has 1 saturated heterocycles. The largest absolute Gasteiger partial charge is 0.335 e. The van der Waals surface area contributed by atoms with E-state index >= 15 is 0 Å². The topological polar surface area (TPSA) is 71.3 Å². The smallest absolute Gasteiger partial charge is 0.276 e. The van der Waals surface area contributed by atoms with E-state index in [0.717, 1.165) is 6.42 Å². The molecule has 8 heteroatoms. The van der Waals surface area contributed by atoms with Crippen LogP contribution in [-0.4, -0.2) is 62.8 Å². The zero-order chi connectivity index (χ0) is 21.1. The molecule has 30 heavy (non-hydrogen) atoms. The first-order chi connectivity index (χ1) is 14.6. The van der Waals surface area contributed by atoms with Crippen LogP contribution < -0.4 is 0 Å². The van der Waals surface area contributed by atoms with Gasteiger partial charge in [0.2, 0.25) is 0 Å². The Balaban J connectivity index is 1.39. The van der Waals surface area contributed by atoms with E-state index in [1.165, 1.54) is 10.2 Å². The second kappa shape index (κ2) is 8.67. The maximum Gasteiger partial charge on any atom is 0.276 e. The molecule has 154 valence electrons. The molecule has 3 aromatic rings. The number of carbonyl (C=O) groups is 2. The Morgan fingerprint density at radius 2 is 1.57 bits per heavy atom. The average Bonchev–Trinajstić information content (AvgIpc) is 3.28. The normalized spacial score (nSPS) is 14.1. The molecular formula is C22H22ClN5O2. The molecular weight excluding hydrogens is 402 g/mol. The van der Waals surface area contributed by atoms with Crippen LogP contribution in [0.3, 0.4) is 0 Å². The van der Waals surface area contributed by atoms with E-state index in [1.54, 1.807) is 22.1 Å². The molecule has 2 amide bonds. The number of hydrogen-bond donors (Lipinski definition) is 0. The van der Waals surface area contributed by atoms with Crippen molar-refractivity contribution in [2.75, 3.05) is 26.2 Å². The SMILES string of the molecule is CCc1ccc(C(=O)N2CCN(C(=O)c3cn(-c4ccccc4Cl)nn3)CC2)cc1. The minimum atomic E-state index is -0.201. The van der Waals surface area contributed by atoms with Gasteiger partial charge in [-0.2, -0.15) is 0 Å². The van der Waals surface area contributed by atoms with Crippen molar-refractivity contribution in [3.05, 3.63) is 76.6 Å². The molecule has 0 N–H and O–H groups in total. The molecule has 0 spiro atoms. The highest BCUT2D eigenvalue weighted by molar-refractivity contribution is 6.32. The molecule has 0 atom stereocenters. The fraction of sp³-hybridized carbons (Fsp3) is 0.273. The molecule has 1 aromatic heterocycles. The van der Waals surface area contributed by atoms with Crippen LogP contribution in [0.25, 0.3) is 5.69 Å². The molecule has 2 aromatic carbocycles. The van der Waals surface area contributed by atoms with Crippen molar-refractivity contribution in [3.8, 4) is 5.69 Å². The van der Waals surface area contributed by atoms with Gasteiger partial charge in [0.15, 0.2) is 5.69 Å². The second-order valence-electron chi connectivity index (χ2n) is 7.13. The highest BCUT2D eigenvalue weighted by Crippen LogP contribution is 2.19. The molecule has 7 nitrogen and oxygen atoms in total. The maximum absolute atomic E-state index is 12.8. The summed E-state index contributed by atoms with van der Waals surface area (Å²) in [6, 6.07) is 14.9. The lowest BCUT2D eigenvalue weighted by Gasteiger charge is -2.34. The molecule has 0 aliphatic carbocycles. The Bertz CT molecular complexity index is 1060. The highest BCUT2D eigenvalue weighted by Gasteiger charge is 2.27. The van der Waals surface area contributed by atoms with Crippen LogP contribution in [-0.2, 0) is 6.42 Å². The van der Waals surface area contributed by atoms with Crippen molar-refractivity contribution in [1.82, 2.24) is 24.8 Å². The number of hydrogen-bond acceptors (Lipinski definition) is 4. The van der Waals surface area contributed by atoms with Gasteiger partial charge in [-0.1, -0.05) is 48.0 Å². The molecule has 0 bridgehead atoms. The van der Waals surface area contributed by atoms with Gasteiger partial charge >= 0.3 is 0 Å². The van der Waals surface area contributed by atoms with Crippen LogP contribution >= 0.6 is 11.6 Å². The quantitative estimate of drug-likeness (QED) is 0.646. The Morgan fingerprint density at radius 1 is 0.933 bits per heavy atom. The summed E-state index contributed by atoms with van der Waals surface area (Å²) in [6.07, 6.45) is 2.52. The zero-order valence-corrected chi connectivity index (χ0v) is 17.4. The van der Waals surface area contributed by atoms with Crippen LogP contribution in [0.4, 0.5) is 0 Å². The summed E-state index contributed by atoms with van der Waals surface area (Å²) in [5.74, 6) is -0.206.